The van der Waals surface area contributed by atoms with Gasteiger partial charge in [0.05, 0.1) is 6.61 Å². The van der Waals surface area contributed by atoms with Crippen LogP contribution in [0.25, 0.3) is 0 Å². The number of nitrogens with one attached hydrogen (secondary N) is 1. The van der Waals surface area contributed by atoms with Gasteiger partial charge in [-0.05, 0) is 57.8 Å². The standard InChI is InChI=1S/C18H34N2O3/c1-17(2,3)23-16(21)20-10-8-18(4,9-11-20)13-19-15(12-22-5)14-6-7-14/h14-15,19H,6-13H2,1-5H3. The topological polar surface area (TPSA) is 50.8 Å². The highest BCUT2D eigenvalue weighted by molar-refractivity contribution is 5.68. The zero-order valence-electron chi connectivity index (χ0n) is 15.5. The summed E-state index contributed by atoms with van der Waals surface area (Å²) in [7, 11) is 1.78. The van der Waals surface area contributed by atoms with Crippen molar-refractivity contribution in [3.05, 3.63) is 0 Å². The first kappa shape index (κ1) is 18.5. The van der Waals surface area contributed by atoms with Gasteiger partial charge in [0.25, 0.3) is 0 Å². The third-order valence-electron chi connectivity index (χ3n) is 4.95. The highest BCUT2D eigenvalue weighted by Crippen LogP contribution is 2.35. The van der Waals surface area contributed by atoms with Crippen LogP contribution in [0.1, 0.15) is 53.4 Å². The van der Waals surface area contributed by atoms with E-state index in [0.717, 1.165) is 45.0 Å². The molecule has 0 aromatic heterocycles. The van der Waals surface area contributed by atoms with Crippen molar-refractivity contribution in [3.8, 4) is 0 Å². The minimum Gasteiger partial charge on any atom is -0.444 e. The predicted octanol–water partition coefficient (Wildman–Crippen LogP) is 3.04. The molecule has 0 radical (unpaired) electrons. The van der Waals surface area contributed by atoms with Crippen LogP contribution >= 0.6 is 0 Å². The van der Waals surface area contributed by atoms with Crippen molar-refractivity contribution >= 4 is 6.09 Å². The van der Waals surface area contributed by atoms with Gasteiger partial charge >= 0.3 is 6.09 Å². The first-order valence-corrected chi connectivity index (χ1v) is 8.93. The van der Waals surface area contributed by atoms with E-state index in [2.05, 4.69) is 12.2 Å². The van der Waals surface area contributed by atoms with E-state index in [-0.39, 0.29) is 11.5 Å². The summed E-state index contributed by atoms with van der Waals surface area (Å²) in [5, 5.41) is 3.72. The summed E-state index contributed by atoms with van der Waals surface area (Å²) >= 11 is 0. The zero-order valence-corrected chi connectivity index (χ0v) is 15.5. The molecule has 134 valence electrons. The van der Waals surface area contributed by atoms with E-state index in [1.807, 2.05) is 25.7 Å². The van der Waals surface area contributed by atoms with E-state index >= 15 is 0 Å². The molecule has 1 aliphatic carbocycles. The van der Waals surface area contributed by atoms with E-state index in [9.17, 15) is 4.79 Å². The fourth-order valence-corrected chi connectivity index (χ4v) is 3.15. The maximum Gasteiger partial charge on any atom is 0.410 e. The van der Waals surface area contributed by atoms with Crippen molar-refractivity contribution in [2.45, 2.75) is 65.0 Å². The van der Waals surface area contributed by atoms with Gasteiger partial charge in [-0.3, -0.25) is 0 Å². The molecule has 0 aromatic carbocycles. The molecule has 0 spiro atoms. The maximum atomic E-state index is 12.1. The molecule has 2 aliphatic rings. The Morgan fingerprint density at radius 2 is 1.91 bits per heavy atom. The van der Waals surface area contributed by atoms with Gasteiger partial charge in [0.1, 0.15) is 5.60 Å². The molecule has 1 saturated heterocycles. The van der Waals surface area contributed by atoms with Crippen LogP contribution in [0.5, 0.6) is 0 Å². The summed E-state index contributed by atoms with van der Waals surface area (Å²) in [6.07, 6.45) is 4.50. The van der Waals surface area contributed by atoms with Crippen LogP contribution in [0.2, 0.25) is 0 Å². The molecular weight excluding hydrogens is 292 g/mol. The number of amides is 1. The number of carbonyl (C=O) groups excluding carboxylic acids is 1. The number of likely N-dealkylation sites (tertiary alicyclic amines) is 1. The first-order chi connectivity index (χ1) is 10.7. The van der Waals surface area contributed by atoms with E-state index < -0.39 is 5.60 Å². The molecule has 5 nitrogen and oxygen atoms in total. The minimum absolute atomic E-state index is 0.178. The Hall–Kier alpha value is -0.810. The molecule has 1 aliphatic heterocycles. The van der Waals surface area contributed by atoms with Crippen molar-refractivity contribution in [1.29, 1.82) is 0 Å². The largest absolute Gasteiger partial charge is 0.444 e. The average molecular weight is 326 g/mol. The van der Waals surface area contributed by atoms with Crippen LogP contribution in [0.15, 0.2) is 0 Å². The van der Waals surface area contributed by atoms with Gasteiger partial charge in [-0.2, -0.15) is 0 Å². The molecule has 1 unspecified atom stereocenters. The quantitative estimate of drug-likeness (QED) is 0.815. The van der Waals surface area contributed by atoms with Crippen molar-refractivity contribution in [1.82, 2.24) is 10.2 Å². The van der Waals surface area contributed by atoms with Gasteiger partial charge in [0.15, 0.2) is 0 Å². The second-order valence-corrected chi connectivity index (χ2v) is 8.56. The van der Waals surface area contributed by atoms with Crippen LogP contribution in [-0.2, 0) is 9.47 Å². The highest BCUT2D eigenvalue weighted by Gasteiger charge is 2.36. The number of carbonyl (C=O) groups is 1. The average Bonchev–Trinajstić information content (AvgIpc) is 3.27. The smallest absolute Gasteiger partial charge is 0.410 e. The molecule has 1 N–H and O–H groups in total. The number of methoxy groups -OCH3 is 1. The van der Waals surface area contributed by atoms with Gasteiger partial charge in [0, 0.05) is 32.8 Å². The zero-order chi connectivity index (χ0) is 17.1. The predicted molar refractivity (Wildman–Crippen MR) is 91.5 cm³/mol. The van der Waals surface area contributed by atoms with Gasteiger partial charge in [0.2, 0.25) is 0 Å². The van der Waals surface area contributed by atoms with Crippen molar-refractivity contribution < 1.29 is 14.3 Å². The van der Waals surface area contributed by atoms with Gasteiger partial charge in [-0.1, -0.05) is 6.92 Å². The summed E-state index contributed by atoms with van der Waals surface area (Å²) < 4.78 is 10.8. The third-order valence-corrected chi connectivity index (χ3v) is 4.95. The molecule has 23 heavy (non-hydrogen) atoms. The van der Waals surface area contributed by atoms with Crippen LogP contribution in [0, 0.1) is 11.3 Å². The Labute approximate surface area is 141 Å². The highest BCUT2D eigenvalue weighted by atomic mass is 16.6. The Morgan fingerprint density at radius 1 is 1.30 bits per heavy atom. The van der Waals surface area contributed by atoms with Crippen LogP contribution in [0.3, 0.4) is 0 Å². The Morgan fingerprint density at radius 3 is 2.39 bits per heavy atom. The van der Waals surface area contributed by atoms with Gasteiger partial charge in [-0.25, -0.2) is 4.79 Å². The SMILES string of the molecule is COCC(NCC1(C)CCN(C(=O)OC(C)(C)C)CC1)C1CC1. The first-order valence-electron chi connectivity index (χ1n) is 8.93. The lowest BCUT2D eigenvalue weighted by Crippen LogP contribution is -2.49. The number of ether oxygens (including phenoxy) is 2. The maximum absolute atomic E-state index is 12.1. The lowest BCUT2D eigenvalue weighted by Gasteiger charge is -2.40. The number of hydrogen-bond acceptors (Lipinski definition) is 4. The Bertz CT molecular complexity index is 394. The van der Waals surface area contributed by atoms with E-state index in [1.165, 1.54) is 12.8 Å². The number of rotatable bonds is 6. The Kier molecular flexibility index (Phi) is 5.95. The van der Waals surface area contributed by atoms with Crippen molar-refractivity contribution in [2.75, 3.05) is 33.4 Å². The van der Waals surface area contributed by atoms with Crippen molar-refractivity contribution in [3.63, 3.8) is 0 Å². The third kappa shape index (κ3) is 5.96. The van der Waals surface area contributed by atoms with Crippen LogP contribution in [-0.4, -0.2) is 56.0 Å². The van der Waals surface area contributed by atoms with Crippen molar-refractivity contribution in [2.24, 2.45) is 11.3 Å². The molecule has 0 aromatic rings. The molecule has 1 amide bonds. The molecule has 0 bridgehead atoms. The fraction of sp³-hybridized carbons (Fsp3) is 0.944. The van der Waals surface area contributed by atoms with Gasteiger partial charge < -0.3 is 19.7 Å². The molecule has 1 atom stereocenters. The number of piperidine rings is 1. The molecule has 1 saturated carbocycles. The van der Waals surface area contributed by atoms with E-state index in [0.29, 0.717) is 6.04 Å². The van der Waals surface area contributed by atoms with Gasteiger partial charge in [-0.15, -0.1) is 0 Å². The summed E-state index contributed by atoms with van der Waals surface area (Å²) in [6, 6.07) is 0.487. The monoisotopic (exact) mass is 326 g/mol. The summed E-state index contributed by atoms with van der Waals surface area (Å²) in [4.78, 5) is 14.0. The summed E-state index contributed by atoms with van der Waals surface area (Å²) in [5.74, 6) is 0.792. The number of hydrogen-bond donors (Lipinski definition) is 1. The van der Waals surface area contributed by atoms with Crippen LogP contribution < -0.4 is 5.32 Å². The molecule has 1 heterocycles. The van der Waals surface area contributed by atoms with Crippen LogP contribution in [0.4, 0.5) is 4.79 Å². The normalized spacial score (nSPS) is 22.7. The molecule has 5 heteroatoms. The van der Waals surface area contributed by atoms with E-state index in [4.69, 9.17) is 9.47 Å². The Balaban J connectivity index is 1.76. The molecule has 2 fully saturated rings. The lowest BCUT2D eigenvalue weighted by molar-refractivity contribution is 0.0113. The molecule has 2 rings (SSSR count). The molecular formula is C18H34N2O3. The lowest BCUT2D eigenvalue weighted by atomic mass is 9.80. The summed E-state index contributed by atoms with van der Waals surface area (Å²) in [6.45, 7) is 11.4. The van der Waals surface area contributed by atoms with E-state index in [1.54, 1.807) is 7.11 Å². The second-order valence-electron chi connectivity index (χ2n) is 8.56. The fourth-order valence-electron chi connectivity index (χ4n) is 3.15. The minimum atomic E-state index is -0.420. The number of nitrogens with zero attached hydrogens (tertiary/aromatic N) is 1. The second kappa shape index (κ2) is 7.39. The summed E-state index contributed by atoms with van der Waals surface area (Å²) in [5.41, 5.74) is -0.170.